The number of nitrogens with zero attached hydrogens (tertiary/aromatic N) is 1. The van der Waals surface area contributed by atoms with Crippen molar-refractivity contribution in [3.05, 3.63) is 81.9 Å². The van der Waals surface area contributed by atoms with E-state index in [1.54, 1.807) is 30.3 Å². The third kappa shape index (κ3) is 4.77. The van der Waals surface area contributed by atoms with Crippen LogP contribution >= 0.6 is 23.2 Å². The minimum Gasteiger partial charge on any atom is -0.507 e. The van der Waals surface area contributed by atoms with Crippen LogP contribution in [0.1, 0.15) is 17.2 Å². The van der Waals surface area contributed by atoms with E-state index in [-0.39, 0.29) is 35.1 Å². The molecule has 0 radical (unpaired) electrons. The second kappa shape index (κ2) is 10.0. The number of carbonyl (C=O) groups is 2. The minimum atomic E-state index is -0.822. The Labute approximate surface area is 190 Å². The Bertz CT molecular complexity index is 1050. The number of benzene rings is 2. The summed E-state index contributed by atoms with van der Waals surface area (Å²) in [4.78, 5) is 27.1. The third-order valence-electron chi connectivity index (χ3n) is 4.81. The monoisotopic (exact) mass is 461 g/mol. The highest BCUT2D eigenvalue weighted by atomic mass is 35.5. The van der Waals surface area contributed by atoms with Crippen LogP contribution in [0.25, 0.3) is 5.76 Å². The van der Waals surface area contributed by atoms with Crippen molar-refractivity contribution in [2.45, 2.75) is 6.04 Å². The van der Waals surface area contributed by atoms with Gasteiger partial charge in [0.25, 0.3) is 11.7 Å². The van der Waals surface area contributed by atoms with Crippen LogP contribution in [-0.2, 0) is 14.3 Å². The quantitative estimate of drug-likeness (QED) is 0.268. The fraction of sp³-hybridized carbons (Fsp3) is 0.217. The van der Waals surface area contributed by atoms with Crippen LogP contribution in [0.4, 0.5) is 0 Å². The van der Waals surface area contributed by atoms with Gasteiger partial charge in [-0.1, -0.05) is 48.0 Å². The van der Waals surface area contributed by atoms with Crippen LogP contribution in [0, 0.1) is 0 Å². The van der Waals surface area contributed by atoms with Gasteiger partial charge in [0.15, 0.2) is 0 Å². The average molecular weight is 462 g/mol. The molecule has 31 heavy (non-hydrogen) atoms. The number of Topliss-reactive ketones (excluding diaryl/α,β-unsaturated/α-hetero) is 1. The van der Waals surface area contributed by atoms with Gasteiger partial charge < -0.3 is 19.5 Å². The number of aliphatic hydroxyl groups excluding tert-OH is 1. The number of ketones is 1. The lowest BCUT2D eigenvalue weighted by atomic mass is 9.95. The number of likely N-dealkylation sites (tertiary alicyclic amines) is 1. The number of aliphatic hydroxyl groups is 1. The Balaban J connectivity index is 2.15. The molecule has 1 fully saturated rings. The zero-order valence-electron chi connectivity index (χ0n) is 16.8. The zero-order chi connectivity index (χ0) is 22.5. The van der Waals surface area contributed by atoms with Crippen LogP contribution in [0.15, 0.2) is 60.7 Å². The van der Waals surface area contributed by atoms with Gasteiger partial charge in [0.1, 0.15) is 18.1 Å². The molecule has 6 nitrogen and oxygen atoms in total. The first kappa shape index (κ1) is 22.9. The van der Waals surface area contributed by atoms with Crippen LogP contribution < -0.4 is 4.74 Å². The van der Waals surface area contributed by atoms with Gasteiger partial charge in [-0.3, -0.25) is 9.59 Å². The first-order valence-corrected chi connectivity index (χ1v) is 10.2. The maximum Gasteiger partial charge on any atom is 0.295 e. The molecule has 2 aromatic rings. The fourth-order valence-electron chi connectivity index (χ4n) is 3.38. The molecular weight excluding hydrogens is 441 g/mol. The van der Waals surface area contributed by atoms with E-state index in [1.165, 1.54) is 30.2 Å². The predicted octanol–water partition coefficient (Wildman–Crippen LogP) is 4.63. The van der Waals surface area contributed by atoms with E-state index in [9.17, 15) is 14.7 Å². The molecule has 0 saturated carbocycles. The Morgan fingerprint density at radius 3 is 2.65 bits per heavy atom. The number of ether oxygens (including phenoxy) is 2. The number of rotatable bonds is 8. The normalized spacial score (nSPS) is 17.8. The van der Waals surface area contributed by atoms with Gasteiger partial charge in [-0.25, -0.2) is 0 Å². The summed E-state index contributed by atoms with van der Waals surface area (Å²) < 4.78 is 10.7. The fourth-order valence-corrected chi connectivity index (χ4v) is 3.67. The predicted molar refractivity (Wildman–Crippen MR) is 119 cm³/mol. The van der Waals surface area contributed by atoms with Crippen molar-refractivity contribution in [2.75, 3.05) is 26.9 Å². The summed E-state index contributed by atoms with van der Waals surface area (Å²) in [6.07, 6.45) is 1.61. The molecule has 1 aliphatic rings. The van der Waals surface area contributed by atoms with Crippen molar-refractivity contribution in [1.82, 2.24) is 4.90 Å². The van der Waals surface area contributed by atoms with E-state index in [2.05, 4.69) is 6.58 Å². The SMILES string of the molecule is C=CCOc1cccc(C2/C(=C(/O)c3ccc(Cl)c(Cl)c3)C(=O)C(=O)N2CCOC)c1. The summed E-state index contributed by atoms with van der Waals surface area (Å²) in [6.45, 7) is 4.32. The van der Waals surface area contributed by atoms with Gasteiger partial charge in [-0.05, 0) is 35.9 Å². The van der Waals surface area contributed by atoms with Crippen molar-refractivity contribution in [1.29, 1.82) is 0 Å². The number of carbonyl (C=O) groups excluding carboxylic acids is 2. The van der Waals surface area contributed by atoms with E-state index in [0.29, 0.717) is 22.9 Å². The molecule has 1 unspecified atom stereocenters. The topological polar surface area (TPSA) is 76.1 Å². The van der Waals surface area contributed by atoms with E-state index < -0.39 is 17.7 Å². The largest absolute Gasteiger partial charge is 0.507 e. The molecule has 0 aromatic heterocycles. The molecule has 1 atom stereocenters. The number of halogens is 2. The van der Waals surface area contributed by atoms with Gasteiger partial charge in [-0.15, -0.1) is 0 Å². The average Bonchev–Trinajstić information content (AvgIpc) is 3.02. The van der Waals surface area contributed by atoms with E-state index >= 15 is 0 Å². The van der Waals surface area contributed by atoms with E-state index in [1.807, 2.05) is 0 Å². The Kier molecular flexibility index (Phi) is 7.38. The van der Waals surface area contributed by atoms with Crippen LogP contribution in [0.2, 0.25) is 10.0 Å². The van der Waals surface area contributed by atoms with Gasteiger partial charge >= 0.3 is 0 Å². The Hall–Kier alpha value is -2.80. The van der Waals surface area contributed by atoms with Crippen LogP contribution in [0.5, 0.6) is 5.75 Å². The van der Waals surface area contributed by atoms with Crippen LogP contribution in [0.3, 0.4) is 0 Å². The number of amides is 1. The molecule has 3 rings (SSSR count). The maximum absolute atomic E-state index is 12.9. The molecule has 1 aliphatic heterocycles. The van der Waals surface area contributed by atoms with Crippen LogP contribution in [-0.4, -0.2) is 48.6 Å². The molecule has 0 bridgehead atoms. The minimum absolute atomic E-state index is 0.0413. The summed E-state index contributed by atoms with van der Waals surface area (Å²) in [5, 5.41) is 11.5. The van der Waals surface area contributed by atoms with Crippen molar-refractivity contribution in [3.63, 3.8) is 0 Å². The molecule has 0 aliphatic carbocycles. The summed E-state index contributed by atoms with van der Waals surface area (Å²) in [5.41, 5.74) is 0.849. The molecule has 0 spiro atoms. The molecule has 1 heterocycles. The Morgan fingerprint density at radius 1 is 1.19 bits per heavy atom. The number of hydrogen-bond donors (Lipinski definition) is 1. The molecule has 8 heteroatoms. The number of methoxy groups -OCH3 is 1. The van der Waals surface area contributed by atoms with Gasteiger partial charge in [0, 0.05) is 19.2 Å². The maximum atomic E-state index is 12.9. The lowest BCUT2D eigenvalue weighted by Crippen LogP contribution is -2.32. The second-order valence-electron chi connectivity index (χ2n) is 6.79. The summed E-state index contributed by atoms with van der Waals surface area (Å²) in [6, 6.07) is 10.7. The Morgan fingerprint density at radius 2 is 1.97 bits per heavy atom. The molecule has 1 N–H and O–H groups in total. The highest BCUT2D eigenvalue weighted by Gasteiger charge is 2.46. The lowest BCUT2D eigenvalue weighted by Gasteiger charge is -2.25. The second-order valence-corrected chi connectivity index (χ2v) is 7.60. The van der Waals surface area contributed by atoms with Crippen molar-refractivity contribution < 1.29 is 24.2 Å². The van der Waals surface area contributed by atoms with Gasteiger partial charge in [-0.2, -0.15) is 0 Å². The first-order valence-electron chi connectivity index (χ1n) is 9.45. The smallest absolute Gasteiger partial charge is 0.295 e. The van der Waals surface area contributed by atoms with Gasteiger partial charge in [0.2, 0.25) is 0 Å². The third-order valence-corrected chi connectivity index (χ3v) is 5.55. The molecule has 1 saturated heterocycles. The highest BCUT2D eigenvalue weighted by Crippen LogP contribution is 2.40. The molecule has 2 aromatic carbocycles. The highest BCUT2D eigenvalue weighted by molar-refractivity contribution is 6.46. The summed E-state index contributed by atoms with van der Waals surface area (Å²) in [7, 11) is 1.51. The summed E-state index contributed by atoms with van der Waals surface area (Å²) in [5.74, 6) is -1.30. The van der Waals surface area contributed by atoms with E-state index in [0.717, 1.165) is 0 Å². The van der Waals surface area contributed by atoms with E-state index in [4.69, 9.17) is 32.7 Å². The molecule has 162 valence electrons. The number of hydrogen-bond acceptors (Lipinski definition) is 5. The lowest BCUT2D eigenvalue weighted by molar-refractivity contribution is -0.140. The first-order chi connectivity index (χ1) is 14.9. The molecular formula is C23H21Cl2NO5. The van der Waals surface area contributed by atoms with Crippen molar-refractivity contribution >= 4 is 40.7 Å². The zero-order valence-corrected chi connectivity index (χ0v) is 18.3. The van der Waals surface area contributed by atoms with Crippen molar-refractivity contribution in [3.8, 4) is 5.75 Å². The standard InChI is InChI=1S/C23H21Cl2NO5/c1-3-10-31-16-6-4-5-14(12-16)20-19(22(28)23(29)26(20)9-11-30-2)21(27)15-7-8-17(24)18(25)13-15/h3-8,12-13,20,27H,1,9-11H2,2H3/b21-19-. The van der Waals surface area contributed by atoms with Gasteiger partial charge in [0.05, 0.1) is 28.3 Å². The molecule has 1 amide bonds. The summed E-state index contributed by atoms with van der Waals surface area (Å²) >= 11 is 12.0. The van der Waals surface area contributed by atoms with Crippen molar-refractivity contribution in [2.24, 2.45) is 0 Å².